The molecule has 0 unspecified atom stereocenters. The number of hydrogen-bond acceptors (Lipinski definition) is 4. The SMILES string of the molecule is CCN(CCOCCN)CCn1ccccc1=O. The number of pyridine rings is 1. The van der Waals surface area contributed by atoms with Gasteiger partial charge in [-0.15, -0.1) is 0 Å². The molecule has 0 aliphatic rings. The summed E-state index contributed by atoms with van der Waals surface area (Å²) < 4.78 is 7.08. The van der Waals surface area contributed by atoms with Crippen molar-refractivity contribution in [3.63, 3.8) is 0 Å². The Morgan fingerprint density at radius 2 is 2.17 bits per heavy atom. The molecular formula is C13H23N3O2. The van der Waals surface area contributed by atoms with Crippen LogP contribution in [0.5, 0.6) is 0 Å². The summed E-state index contributed by atoms with van der Waals surface area (Å²) in [6, 6.07) is 5.22. The Bertz CT molecular complexity index is 378. The van der Waals surface area contributed by atoms with Crippen molar-refractivity contribution < 1.29 is 4.74 Å². The maximum Gasteiger partial charge on any atom is 0.250 e. The second kappa shape index (κ2) is 8.85. The van der Waals surface area contributed by atoms with Crippen LogP contribution in [-0.2, 0) is 11.3 Å². The van der Waals surface area contributed by atoms with Crippen molar-refractivity contribution in [2.24, 2.45) is 5.73 Å². The number of likely N-dealkylation sites (N-methyl/N-ethyl adjacent to an activating group) is 1. The molecule has 0 atom stereocenters. The summed E-state index contributed by atoms with van der Waals surface area (Å²) >= 11 is 0. The van der Waals surface area contributed by atoms with Gasteiger partial charge in [0.05, 0.1) is 13.2 Å². The summed E-state index contributed by atoms with van der Waals surface area (Å²) in [4.78, 5) is 13.8. The average Bonchev–Trinajstić information content (AvgIpc) is 2.40. The molecule has 102 valence electrons. The van der Waals surface area contributed by atoms with E-state index < -0.39 is 0 Å². The third-order valence-corrected chi connectivity index (χ3v) is 2.82. The van der Waals surface area contributed by atoms with Gasteiger partial charge in [0.1, 0.15) is 0 Å². The van der Waals surface area contributed by atoms with Crippen molar-refractivity contribution in [3.8, 4) is 0 Å². The molecule has 5 nitrogen and oxygen atoms in total. The molecule has 18 heavy (non-hydrogen) atoms. The van der Waals surface area contributed by atoms with Gasteiger partial charge in [-0.1, -0.05) is 13.0 Å². The van der Waals surface area contributed by atoms with E-state index in [2.05, 4.69) is 11.8 Å². The molecule has 0 amide bonds. The van der Waals surface area contributed by atoms with Gasteiger partial charge in [0.15, 0.2) is 0 Å². The second-order valence-electron chi connectivity index (χ2n) is 4.07. The third-order valence-electron chi connectivity index (χ3n) is 2.82. The molecular weight excluding hydrogens is 230 g/mol. The minimum absolute atomic E-state index is 0.0490. The normalized spacial score (nSPS) is 11.1. The first-order chi connectivity index (χ1) is 8.77. The minimum Gasteiger partial charge on any atom is -0.379 e. The molecule has 0 aliphatic heterocycles. The average molecular weight is 253 g/mol. The number of rotatable bonds is 9. The van der Waals surface area contributed by atoms with E-state index in [1.807, 2.05) is 12.3 Å². The highest BCUT2D eigenvalue weighted by atomic mass is 16.5. The second-order valence-corrected chi connectivity index (χ2v) is 4.07. The molecule has 5 heteroatoms. The van der Waals surface area contributed by atoms with Crippen LogP contribution >= 0.6 is 0 Å². The van der Waals surface area contributed by atoms with Gasteiger partial charge in [-0.25, -0.2) is 0 Å². The van der Waals surface area contributed by atoms with Crippen molar-refractivity contribution in [1.82, 2.24) is 9.47 Å². The van der Waals surface area contributed by atoms with Gasteiger partial charge in [0, 0.05) is 38.4 Å². The predicted molar refractivity (Wildman–Crippen MR) is 72.7 cm³/mol. The van der Waals surface area contributed by atoms with E-state index in [1.165, 1.54) is 0 Å². The van der Waals surface area contributed by atoms with E-state index in [0.717, 1.165) is 19.6 Å². The molecule has 1 rings (SSSR count). The fourth-order valence-corrected chi connectivity index (χ4v) is 1.70. The Kier molecular flexibility index (Phi) is 7.32. The van der Waals surface area contributed by atoms with Gasteiger partial charge in [-0.3, -0.25) is 9.69 Å². The molecule has 0 saturated heterocycles. The van der Waals surface area contributed by atoms with Gasteiger partial charge >= 0.3 is 0 Å². The third kappa shape index (κ3) is 5.44. The largest absolute Gasteiger partial charge is 0.379 e. The lowest BCUT2D eigenvalue weighted by Gasteiger charge is -2.20. The zero-order valence-corrected chi connectivity index (χ0v) is 11.0. The van der Waals surface area contributed by atoms with Crippen LogP contribution in [-0.4, -0.2) is 48.9 Å². The Labute approximate surface area is 108 Å². The van der Waals surface area contributed by atoms with Gasteiger partial charge < -0.3 is 15.0 Å². The Hall–Kier alpha value is -1.17. The molecule has 0 aliphatic carbocycles. The van der Waals surface area contributed by atoms with Crippen LogP contribution in [0, 0.1) is 0 Å². The lowest BCUT2D eigenvalue weighted by atomic mass is 10.4. The summed E-state index contributed by atoms with van der Waals surface area (Å²) in [5.41, 5.74) is 5.40. The number of aromatic nitrogens is 1. The monoisotopic (exact) mass is 253 g/mol. The first-order valence-electron chi connectivity index (χ1n) is 6.43. The van der Waals surface area contributed by atoms with Crippen LogP contribution in [0.2, 0.25) is 0 Å². The smallest absolute Gasteiger partial charge is 0.250 e. The fourth-order valence-electron chi connectivity index (χ4n) is 1.70. The zero-order chi connectivity index (χ0) is 13.2. The molecule has 0 spiro atoms. The van der Waals surface area contributed by atoms with E-state index >= 15 is 0 Å². The van der Waals surface area contributed by atoms with Crippen LogP contribution in [0.3, 0.4) is 0 Å². The highest BCUT2D eigenvalue weighted by Gasteiger charge is 2.03. The van der Waals surface area contributed by atoms with Crippen LogP contribution < -0.4 is 11.3 Å². The minimum atomic E-state index is 0.0490. The molecule has 0 saturated carbocycles. The lowest BCUT2D eigenvalue weighted by Crippen LogP contribution is -2.33. The van der Waals surface area contributed by atoms with E-state index in [-0.39, 0.29) is 5.56 Å². The maximum absolute atomic E-state index is 11.5. The summed E-state index contributed by atoms with van der Waals surface area (Å²) in [7, 11) is 0. The number of hydrogen-bond donors (Lipinski definition) is 1. The Morgan fingerprint density at radius 1 is 1.33 bits per heavy atom. The lowest BCUT2D eigenvalue weighted by molar-refractivity contribution is 0.109. The Balaban J connectivity index is 2.31. The van der Waals surface area contributed by atoms with Crippen LogP contribution in [0.15, 0.2) is 29.2 Å². The van der Waals surface area contributed by atoms with E-state index in [9.17, 15) is 4.79 Å². The summed E-state index contributed by atoms with van der Waals surface area (Å²) in [5, 5.41) is 0. The summed E-state index contributed by atoms with van der Waals surface area (Å²) in [6.07, 6.45) is 1.82. The number of nitrogens with zero attached hydrogens (tertiary/aromatic N) is 2. The zero-order valence-electron chi connectivity index (χ0n) is 11.0. The first kappa shape index (κ1) is 14.9. The van der Waals surface area contributed by atoms with Gasteiger partial charge in [-0.05, 0) is 12.6 Å². The van der Waals surface area contributed by atoms with Crippen LogP contribution in [0.1, 0.15) is 6.92 Å². The molecule has 0 bridgehead atoms. The van der Waals surface area contributed by atoms with Crippen molar-refractivity contribution in [2.75, 3.05) is 39.4 Å². The molecule has 2 N–H and O–H groups in total. The standard InChI is InChI=1S/C13H23N3O2/c1-2-15(10-12-18-11-6-14)8-9-16-7-4-3-5-13(16)17/h3-5,7H,2,6,8-12,14H2,1H3. The van der Waals surface area contributed by atoms with Crippen molar-refractivity contribution in [2.45, 2.75) is 13.5 Å². The van der Waals surface area contributed by atoms with E-state index in [0.29, 0.717) is 26.3 Å². The van der Waals surface area contributed by atoms with Crippen LogP contribution in [0.4, 0.5) is 0 Å². The number of nitrogens with two attached hydrogens (primary N) is 1. The summed E-state index contributed by atoms with van der Waals surface area (Å²) in [6.45, 7) is 7.36. The van der Waals surface area contributed by atoms with E-state index in [1.54, 1.807) is 16.7 Å². The fraction of sp³-hybridized carbons (Fsp3) is 0.615. The van der Waals surface area contributed by atoms with E-state index in [4.69, 9.17) is 10.5 Å². The molecule has 1 aromatic heterocycles. The topological polar surface area (TPSA) is 60.5 Å². The quantitative estimate of drug-likeness (QED) is 0.636. The molecule has 0 radical (unpaired) electrons. The number of ether oxygens (including phenoxy) is 1. The van der Waals surface area contributed by atoms with Gasteiger partial charge in [-0.2, -0.15) is 0 Å². The maximum atomic E-state index is 11.5. The molecule has 0 aromatic carbocycles. The highest BCUT2D eigenvalue weighted by molar-refractivity contribution is 4.93. The summed E-state index contributed by atoms with van der Waals surface area (Å²) in [5.74, 6) is 0. The Morgan fingerprint density at radius 3 is 2.83 bits per heavy atom. The van der Waals surface area contributed by atoms with Crippen LogP contribution in [0.25, 0.3) is 0 Å². The van der Waals surface area contributed by atoms with Gasteiger partial charge in [0.2, 0.25) is 0 Å². The predicted octanol–water partition coefficient (Wildman–Crippen LogP) is 0.146. The first-order valence-corrected chi connectivity index (χ1v) is 6.43. The van der Waals surface area contributed by atoms with Crippen molar-refractivity contribution in [3.05, 3.63) is 34.7 Å². The molecule has 0 fully saturated rings. The van der Waals surface area contributed by atoms with Crippen molar-refractivity contribution in [1.29, 1.82) is 0 Å². The highest BCUT2D eigenvalue weighted by Crippen LogP contribution is 1.91. The van der Waals surface area contributed by atoms with Gasteiger partial charge in [0.25, 0.3) is 5.56 Å². The van der Waals surface area contributed by atoms with Crippen molar-refractivity contribution >= 4 is 0 Å². The molecule has 1 heterocycles. The molecule has 1 aromatic rings.